The fourth-order valence-corrected chi connectivity index (χ4v) is 1.86. The molecule has 1 nitrogen and oxygen atoms in total. The number of hydrogen-bond donors (Lipinski definition) is 1. The molecule has 0 aliphatic carbocycles. The number of rotatable bonds is 6. The summed E-state index contributed by atoms with van der Waals surface area (Å²) in [5.74, 6) is -0.118. The van der Waals surface area contributed by atoms with E-state index < -0.39 is 0 Å². The van der Waals surface area contributed by atoms with E-state index in [4.69, 9.17) is 0 Å². The zero-order chi connectivity index (χ0) is 12.0. The van der Waals surface area contributed by atoms with Crippen LogP contribution in [0.5, 0.6) is 0 Å². The fraction of sp³-hybridized carbons (Fsp3) is 0.429. The van der Waals surface area contributed by atoms with Crippen LogP contribution < -0.4 is 5.32 Å². The largest absolute Gasteiger partial charge is 0.314 e. The SMILES string of the molecule is C=C(C)CC(Cc1ccccc1F)NCC. The van der Waals surface area contributed by atoms with Crippen LogP contribution in [0.1, 0.15) is 25.8 Å². The maximum absolute atomic E-state index is 13.5. The van der Waals surface area contributed by atoms with Crippen molar-refractivity contribution in [3.05, 3.63) is 47.8 Å². The van der Waals surface area contributed by atoms with E-state index in [9.17, 15) is 4.39 Å². The number of likely N-dealkylation sites (N-methyl/N-ethyl adjacent to an activating group) is 1. The van der Waals surface area contributed by atoms with Gasteiger partial charge in [-0.3, -0.25) is 0 Å². The van der Waals surface area contributed by atoms with Crippen LogP contribution in [0.4, 0.5) is 4.39 Å². The Morgan fingerprint density at radius 3 is 2.69 bits per heavy atom. The molecule has 0 saturated carbocycles. The molecule has 1 aromatic rings. The van der Waals surface area contributed by atoms with Crippen LogP contribution in [0, 0.1) is 5.82 Å². The van der Waals surface area contributed by atoms with Crippen LogP contribution in [0.15, 0.2) is 36.4 Å². The van der Waals surface area contributed by atoms with Crippen molar-refractivity contribution in [1.29, 1.82) is 0 Å². The Labute approximate surface area is 97.4 Å². The minimum Gasteiger partial charge on any atom is -0.314 e. The van der Waals surface area contributed by atoms with Crippen molar-refractivity contribution < 1.29 is 4.39 Å². The average molecular weight is 221 g/mol. The summed E-state index contributed by atoms with van der Waals surface area (Å²) in [7, 11) is 0. The van der Waals surface area contributed by atoms with Gasteiger partial charge in [0.2, 0.25) is 0 Å². The molecule has 0 aliphatic heterocycles. The molecular formula is C14H20FN. The van der Waals surface area contributed by atoms with Gasteiger partial charge in [-0.2, -0.15) is 0 Å². The lowest BCUT2D eigenvalue weighted by Gasteiger charge is -2.18. The van der Waals surface area contributed by atoms with Gasteiger partial charge in [0.15, 0.2) is 0 Å². The van der Waals surface area contributed by atoms with Crippen molar-refractivity contribution in [2.24, 2.45) is 0 Å². The molecule has 0 saturated heterocycles. The second kappa shape index (κ2) is 6.44. The number of nitrogens with one attached hydrogen (secondary N) is 1. The van der Waals surface area contributed by atoms with E-state index in [1.54, 1.807) is 6.07 Å². The smallest absolute Gasteiger partial charge is 0.126 e. The predicted molar refractivity (Wildman–Crippen MR) is 67.0 cm³/mol. The standard InChI is InChI=1S/C14H20FN/c1-4-16-13(9-11(2)3)10-12-7-5-6-8-14(12)15/h5-8,13,16H,2,4,9-10H2,1,3H3. The molecule has 1 N–H and O–H groups in total. The third kappa shape index (κ3) is 4.15. The third-order valence-corrected chi connectivity index (χ3v) is 2.51. The van der Waals surface area contributed by atoms with Crippen molar-refractivity contribution in [1.82, 2.24) is 5.32 Å². The Balaban J connectivity index is 2.67. The Bertz CT molecular complexity index is 346. The highest BCUT2D eigenvalue weighted by atomic mass is 19.1. The Morgan fingerprint density at radius 1 is 1.44 bits per heavy atom. The number of hydrogen-bond acceptors (Lipinski definition) is 1. The van der Waals surface area contributed by atoms with Crippen molar-refractivity contribution >= 4 is 0 Å². The number of halogens is 1. The second-order valence-corrected chi connectivity index (χ2v) is 4.21. The molecule has 0 heterocycles. The zero-order valence-corrected chi connectivity index (χ0v) is 10.1. The van der Waals surface area contributed by atoms with Gasteiger partial charge < -0.3 is 5.32 Å². The lowest BCUT2D eigenvalue weighted by atomic mass is 10.00. The lowest BCUT2D eigenvalue weighted by Crippen LogP contribution is -2.31. The van der Waals surface area contributed by atoms with E-state index in [2.05, 4.69) is 18.8 Å². The minimum absolute atomic E-state index is 0.118. The first kappa shape index (κ1) is 12.9. The maximum atomic E-state index is 13.5. The number of benzene rings is 1. The monoisotopic (exact) mass is 221 g/mol. The molecule has 0 bridgehead atoms. The van der Waals surface area contributed by atoms with Crippen molar-refractivity contribution in [3.63, 3.8) is 0 Å². The molecule has 0 amide bonds. The molecule has 0 aromatic heterocycles. The summed E-state index contributed by atoms with van der Waals surface area (Å²) in [4.78, 5) is 0. The molecule has 1 atom stereocenters. The van der Waals surface area contributed by atoms with Gasteiger partial charge in [0, 0.05) is 6.04 Å². The van der Waals surface area contributed by atoms with Gasteiger partial charge in [0.1, 0.15) is 5.82 Å². The Hall–Kier alpha value is -1.15. The second-order valence-electron chi connectivity index (χ2n) is 4.21. The lowest BCUT2D eigenvalue weighted by molar-refractivity contribution is 0.505. The fourth-order valence-electron chi connectivity index (χ4n) is 1.86. The summed E-state index contributed by atoms with van der Waals surface area (Å²) in [5, 5.41) is 3.36. The van der Waals surface area contributed by atoms with Crippen LogP contribution in [-0.4, -0.2) is 12.6 Å². The first-order valence-corrected chi connectivity index (χ1v) is 5.74. The van der Waals surface area contributed by atoms with Gasteiger partial charge in [-0.15, -0.1) is 6.58 Å². The molecule has 0 fully saturated rings. The molecule has 1 unspecified atom stereocenters. The van der Waals surface area contributed by atoms with Gasteiger partial charge in [0.05, 0.1) is 0 Å². The Kier molecular flexibility index (Phi) is 5.20. The van der Waals surface area contributed by atoms with E-state index in [0.29, 0.717) is 6.42 Å². The van der Waals surface area contributed by atoms with Gasteiger partial charge in [0.25, 0.3) is 0 Å². The highest BCUT2D eigenvalue weighted by molar-refractivity contribution is 5.18. The van der Waals surface area contributed by atoms with Crippen molar-refractivity contribution in [2.75, 3.05) is 6.54 Å². The van der Waals surface area contributed by atoms with E-state index >= 15 is 0 Å². The summed E-state index contributed by atoms with van der Waals surface area (Å²) < 4.78 is 13.5. The summed E-state index contributed by atoms with van der Waals surface area (Å²) >= 11 is 0. The van der Waals surface area contributed by atoms with Crippen LogP contribution in [0.2, 0.25) is 0 Å². The summed E-state index contributed by atoms with van der Waals surface area (Å²) in [6.07, 6.45) is 1.61. The normalized spacial score (nSPS) is 12.4. The van der Waals surface area contributed by atoms with Crippen LogP contribution >= 0.6 is 0 Å². The molecule has 88 valence electrons. The van der Waals surface area contributed by atoms with Gasteiger partial charge in [-0.05, 0) is 37.9 Å². The summed E-state index contributed by atoms with van der Waals surface area (Å²) in [6.45, 7) is 8.87. The Morgan fingerprint density at radius 2 is 2.12 bits per heavy atom. The summed E-state index contributed by atoms with van der Waals surface area (Å²) in [5.41, 5.74) is 1.90. The third-order valence-electron chi connectivity index (χ3n) is 2.51. The van der Waals surface area contributed by atoms with E-state index in [1.165, 1.54) is 6.07 Å². The molecule has 0 aliphatic rings. The average Bonchev–Trinajstić information content (AvgIpc) is 2.21. The quantitative estimate of drug-likeness (QED) is 0.727. The highest BCUT2D eigenvalue weighted by Crippen LogP contribution is 2.13. The molecule has 1 aromatic carbocycles. The predicted octanol–water partition coefficient (Wildman–Crippen LogP) is 3.31. The first-order chi connectivity index (χ1) is 7.63. The van der Waals surface area contributed by atoms with Crippen LogP contribution in [0.25, 0.3) is 0 Å². The molecule has 16 heavy (non-hydrogen) atoms. The van der Waals surface area contributed by atoms with Gasteiger partial charge in [-0.1, -0.05) is 30.7 Å². The molecule has 1 rings (SSSR count). The van der Waals surface area contributed by atoms with Crippen LogP contribution in [-0.2, 0) is 6.42 Å². The van der Waals surface area contributed by atoms with E-state index in [-0.39, 0.29) is 11.9 Å². The van der Waals surface area contributed by atoms with E-state index in [0.717, 1.165) is 24.1 Å². The highest BCUT2D eigenvalue weighted by Gasteiger charge is 2.10. The molecular weight excluding hydrogens is 201 g/mol. The first-order valence-electron chi connectivity index (χ1n) is 5.74. The minimum atomic E-state index is -0.118. The van der Waals surface area contributed by atoms with E-state index in [1.807, 2.05) is 19.1 Å². The van der Waals surface area contributed by atoms with Crippen molar-refractivity contribution in [3.8, 4) is 0 Å². The zero-order valence-electron chi connectivity index (χ0n) is 10.1. The van der Waals surface area contributed by atoms with Gasteiger partial charge in [-0.25, -0.2) is 4.39 Å². The van der Waals surface area contributed by atoms with Crippen LogP contribution in [0.3, 0.4) is 0 Å². The van der Waals surface area contributed by atoms with Gasteiger partial charge >= 0.3 is 0 Å². The molecule has 2 heteroatoms. The molecule has 0 radical (unpaired) electrons. The summed E-state index contributed by atoms with van der Waals surface area (Å²) in [6, 6.07) is 7.23. The van der Waals surface area contributed by atoms with Crippen molar-refractivity contribution in [2.45, 2.75) is 32.7 Å². The maximum Gasteiger partial charge on any atom is 0.126 e. The molecule has 0 spiro atoms. The topological polar surface area (TPSA) is 12.0 Å².